The molecule has 6 heteroatoms. The van der Waals surface area contributed by atoms with E-state index >= 15 is 0 Å². The molecule has 0 aliphatic heterocycles. The summed E-state index contributed by atoms with van der Waals surface area (Å²) in [6, 6.07) is 10.8. The number of nitrogen functional groups attached to an aromatic ring is 1. The molecule has 21 heavy (non-hydrogen) atoms. The number of thioether (sulfide) groups is 1. The smallest absolute Gasteiger partial charge is 0.237 e. The van der Waals surface area contributed by atoms with Gasteiger partial charge >= 0.3 is 0 Å². The summed E-state index contributed by atoms with van der Waals surface area (Å²) in [5.74, 6) is 0.531. The van der Waals surface area contributed by atoms with Crippen LogP contribution in [0.4, 0.5) is 11.4 Å². The fourth-order valence-electron chi connectivity index (χ4n) is 1.67. The van der Waals surface area contributed by atoms with Crippen LogP contribution in [-0.4, -0.2) is 23.3 Å². The molecular formula is C15H17N3O2S. The Kier molecular flexibility index (Phi) is 5.05. The first-order valence-corrected chi connectivity index (χ1v) is 7.30. The van der Waals surface area contributed by atoms with Crippen LogP contribution in [-0.2, 0) is 4.79 Å². The van der Waals surface area contributed by atoms with Gasteiger partial charge in [-0.15, -0.1) is 0 Å². The van der Waals surface area contributed by atoms with Crippen molar-refractivity contribution in [1.82, 2.24) is 4.98 Å². The number of carbonyl (C=O) groups is 1. The van der Waals surface area contributed by atoms with Crippen molar-refractivity contribution in [2.75, 3.05) is 18.2 Å². The van der Waals surface area contributed by atoms with E-state index in [0.717, 1.165) is 5.03 Å². The lowest BCUT2D eigenvalue weighted by Crippen LogP contribution is -2.23. The van der Waals surface area contributed by atoms with E-state index in [2.05, 4.69) is 10.3 Å². The molecule has 1 unspecified atom stereocenters. The molecule has 5 nitrogen and oxygen atoms in total. The maximum Gasteiger partial charge on any atom is 0.237 e. The van der Waals surface area contributed by atoms with Crippen molar-refractivity contribution < 1.29 is 9.53 Å². The Hall–Kier alpha value is -2.21. The molecule has 0 radical (unpaired) electrons. The van der Waals surface area contributed by atoms with Gasteiger partial charge in [0.25, 0.3) is 0 Å². The van der Waals surface area contributed by atoms with Gasteiger partial charge in [-0.3, -0.25) is 4.79 Å². The van der Waals surface area contributed by atoms with Gasteiger partial charge < -0.3 is 15.8 Å². The van der Waals surface area contributed by atoms with E-state index in [1.54, 1.807) is 31.5 Å². The molecule has 1 amide bonds. The van der Waals surface area contributed by atoms with Crippen molar-refractivity contribution in [2.45, 2.75) is 17.2 Å². The molecule has 3 N–H and O–H groups in total. The van der Waals surface area contributed by atoms with Crippen LogP contribution < -0.4 is 15.8 Å². The standard InChI is InChI=1S/C15H17N3O2S/c1-10(21-14-5-3-4-8-17-14)15(19)18-13-7-6-11(20-2)9-12(13)16/h3-10H,16H2,1-2H3,(H,18,19). The first-order chi connectivity index (χ1) is 10.1. The third-order valence-electron chi connectivity index (χ3n) is 2.82. The average Bonchev–Trinajstić information content (AvgIpc) is 2.50. The number of aromatic nitrogens is 1. The number of nitrogens with one attached hydrogen (secondary N) is 1. The first kappa shape index (κ1) is 15.2. The number of amides is 1. The zero-order valence-corrected chi connectivity index (χ0v) is 12.7. The number of hydrogen-bond donors (Lipinski definition) is 2. The largest absolute Gasteiger partial charge is 0.497 e. The normalized spacial score (nSPS) is 11.7. The van der Waals surface area contributed by atoms with E-state index in [1.165, 1.54) is 11.8 Å². The van der Waals surface area contributed by atoms with Crippen molar-refractivity contribution in [3.63, 3.8) is 0 Å². The van der Waals surface area contributed by atoms with Crippen molar-refractivity contribution >= 4 is 29.0 Å². The molecule has 0 fully saturated rings. The zero-order chi connectivity index (χ0) is 15.2. The fourth-order valence-corrected chi connectivity index (χ4v) is 2.47. The molecule has 1 aromatic heterocycles. The summed E-state index contributed by atoms with van der Waals surface area (Å²) >= 11 is 1.40. The van der Waals surface area contributed by atoms with Crippen molar-refractivity contribution in [1.29, 1.82) is 0 Å². The lowest BCUT2D eigenvalue weighted by molar-refractivity contribution is -0.115. The fraction of sp³-hybridized carbons (Fsp3) is 0.200. The molecule has 2 rings (SSSR count). The highest BCUT2D eigenvalue weighted by molar-refractivity contribution is 8.00. The topological polar surface area (TPSA) is 77.2 Å². The maximum atomic E-state index is 12.2. The van der Waals surface area contributed by atoms with Crippen LogP contribution >= 0.6 is 11.8 Å². The van der Waals surface area contributed by atoms with E-state index in [1.807, 2.05) is 25.1 Å². The van der Waals surface area contributed by atoms with Crippen molar-refractivity contribution in [3.05, 3.63) is 42.6 Å². The predicted molar refractivity (Wildman–Crippen MR) is 85.6 cm³/mol. The number of nitrogens with zero attached hydrogens (tertiary/aromatic N) is 1. The van der Waals surface area contributed by atoms with E-state index in [-0.39, 0.29) is 11.2 Å². The van der Waals surface area contributed by atoms with Gasteiger partial charge in [0.1, 0.15) is 5.75 Å². The third-order valence-corrected chi connectivity index (χ3v) is 3.87. The molecule has 110 valence electrons. The minimum Gasteiger partial charge on any atom is -0.497 e. The summed E-state index contributed by atoms with van der Waals surface area (Å²) in [6.07, 6.45) is 1.70. The minimum atomic E-state index is -0.276. The molecule has 1 heterocycles. The Morgan fingerprint density at radius 2 is 2.19 bits per heavy atom. The quantitative estimate of drug-likeness (QED) is 0.656. The van der Waals surface area contributed by atoms with Crippen LogP contribution in [0.25, 0.3) is 0 Å². The van der Waals surface area contributed by atoms with Crippen LogP contribution in [0.2, 0.25) is 0 Å². The number of carbonyl (C=O) groups excluding carboxylic acids is 1. The second-order valence-electron chi connectivity index (χ2n) is 4.37. The van der Waals surface area contributed by atoms with Crippen molar-refractivity contribution in [2.24, 2.45) is 0 Å². The predicted octanol–water partition coefficient (Wildman–Crippen LogP) is 2.79. The SMILES string of the molecule is COc1ccc(NC(=O)C(C)Sc2ccccn2)c(N)c1. The van der Waals surface area contributed by atoms with Crippen LogP contribution in [0.1, 0.15) is 6.92 Å². The molecule has 0 bridgehead atoms. The van der Waals surface area contributed by atoms with Gasteiger partial charge in [-0.2, -0.15) is 0 Å². The van der Waals surface area contributed by atoms with Gasteiger partial charge in [0.15, 0.2) is 0 Å². The summed E-state index contributed by atoms with van der Waals surface area (Å²) in [4.78, 5) is 16.4. The lowest BCUT2D eigenvalue weighted by Gasteiger charge is -2.13. The summed E-state index contributed by atoms with van der Waals surface area (Å²) in [5, 5.41) is 3.35. The molecular weight excluding hydrogens is 286 g/mol. The Morgan fingerprint density at radius 3 is 2.81 bits per heavy atom. The Bertz CT molecular complexity index is 620. The Labute approximate surface area is 127 Å². The monoisotopic (exact) mass is 303 g/mol. The number of benzene rings is 1. The highest BCUT2D eigenvalue weighted by atomic mass is 32.2. The van der Waals surface area contributed by atoms with Crippen LogP contribution in [0.3, 0.4) is 0 Å². The summed E-state index contributed by atoms with van der Waals surface area (Å²) in [6.45, 7) is 1.83. The van der Waals surface area contributed by atoms with E-state index in [9.17, 15) is 4.79 Å². The molecule has 1 atom stereocenters. The zero-order valence-electron chi connectivity index (χ0n) is 11.9. The molecule has 1 aromatic carbocycles. The van der Waals surface area contributed by atoms with E-state index < -0.39 is 0 Å². The number of ether oxygens (including phenoxy) is 1. The van der Waals surface area contributed by atoms with Gasteiger partial charge in [0.05, 0.1) is 28.8 Å². The highest BCUT2D eigenvalue weighted by Crippen LogP contribution is 2.26. The number of methoxy groups -OCH3 is 1. The van der Waals surface area contributed by atoms with Gasteiger partial charge in [-0.1, -0.05) is 17.8 Å². The number of hydrogen-bond acceptors (Lipinski definition) is 5. The van der Waals surface area contributed by atoms with Crippen LogP contribution in [0, 0.1) is 0 Å². The number of anilines is 2. The van der Waals surface area contributed by atoms with E-state index in [0.29, 0.717) is 17.1 Å². The molecule has 0 saturated heterocycles. The minimum absolute atomic E-state index is 0.123. The number of pyridine rings is 1. The van der Waals surface area contributed by atoms with Crippen LogP contribution in [0.5, 0.6) is 5.75 Å². The summed E-state index contributed by atoms with van der Waals surface area (Å²) in [5.41, 5.74) is 6.93. The highest BCUT2D eigenvalue weighted by Gasteiger charge is 2.16. The van der Waals surface area contributed by atoms with Crippen LogP contribution in [0.15, 0.2) is 47.6 Å². The molecule has 0 saturated carbocycles. The average molecular weight is 303 g/mol. The number of rotatable bonds is 5. The van der Waals surface area contributed by atoms with Crippen molar-refractivity contribution in [3.8, 4) is 5.75 Å². The Morgan fingerprint density at radius 1 is 1.38 bits per heavy atom. The van der Waals surface area contributed by atoms with Gasteiger partial charge in [-0.25, -0.2) is 4.98 Å². The van der Waals surface area contributed by atoms with E-state index in [4.69, 9.17) is 10.5 Å². The number of nitrogens with two attached hydrogens (primary N) is 1. The molecule has 0 spiro atoms. The molecule has 0 aliphatic rings. The molecule has 2 aromatic rings. The second kappa shape index (κ2) is 6.99. The Balaban J connectivity index is 2.00. The maximum absolute atomic E-state index is 12.2. The second-order valence-corrected chi connectivity index (χ2v) is 5.73. The summed E-state index contributed by atoms with van der Waals surface area (Å²) in [7, 11) is 1.57. The first-order valence-electron chi connectivity index (χ1n) is 6.42. The van der Waals surface area contributed by atoms with Gasteiger partial charge in [-0.05, 0) is 31.2 Å². The molecule has 0 aliphatic carbocycles. The summed E-state index contributed by atoms with van der Waals surface area (Å²) < 4.78 is 5.08. The van der Waals surface area contributed by atoms with Gasteiger partial charge in [0.2, 0.25) is 5.91 Å². The van der Waals surface area contributed by atoms with Gasteiger partial charge in [0, 0.05) is 12.3 Å². The third kappa shape index (κ3) is 4.13. The lowest BCUT2D eigenvalue weighted by atomic mass is 10.2.